The van der Waals surface area contributed by atoms with Crippen molar-refractivity contribution in [3.05, 3.63) is 83.2 Å². The van der Waals surface area contributed by atoms with Crippen molar-refractivity contribution in [2.24, 2.45) is 0 Å². The Balaban J connectivity index is 1.77. The van der Waals surface area contributed by atoms with Crippen molar-refractivity contribution in [1.29, 1.82) is 0 Å². The lowest BCUT2D eigenvalue weighted by atomic mass is 10.1. The summed E-state index contributed by atoms with van der Waals surface area (Å²) in [5, 5.41) is 7.41. The molecule has 33 heavy (non-hydrogen) atoms. The van der Waals surface area contributed by atoms with Crippen molar-refractivity contribution in [1.82, 2.24) is 14.8 Å². The number of ether oxygens (including phenoxy) is 2. The second-order valence-electron chi connectivity index (χ2n) is 7.83. The Hall–Kier alpha value is -4.13. The summed E-state index contributed by atoms with van der Waals surface area (Å²) < 4.78 is 12.3. The first-order valence-corrected chi connectivity index (χ1v) is 10.5. The number of benzene rings is 3. The number of hydrogen-bond donors (Lipinski definition) is 1. The Morgan fingerprint density at radius 3 is 2.30 bits per heavy atom. The van der Waals surface area contributed by atoms with Crippen molar-refractivity contribution in [2.45, 2.75) is 20.8 Å². The fraction of sp³-hybridized carbons (Fsp3) is 0.192. The zero-order valence-electron chi connectivity index (χ0n) is 19.3. The highest BCUT2D eigenvalue weighted by Gasteiger charge is 2.20. The third-order valence-electron chi connectivity index (χ3n) is 5.51. The molecule has 7 heteroatoms. The van der Waals surface area contributed by atoms with E-state index < -0.39 is 5.91 Å². The zero-order chi connectivity index (χ0) is 23.5. The maximum Gasteiger partial charge on any atom is 0.295 e. The van der Waals surface area contributed by atoms with Crippen molar-refractivity contribution in [2.75, 3.05) is 19.5 Å². The van der Waals surface area contributed by atoms with E-state index in [1.165, 1.54) is 5.56 Å². The van der Waals surface area contributed by atoms with Gasteiger partial charge in [-0.15, -0.1) is 5.10 Å². The predicted molar refractivity (Wildman–Crippen MR) is 129 cm³/mol. The zero-order valence-corrected chi connectivity index (χ0v) is 19.3. The quantitative estimate of drug-likeness (QED) is 0.448. The van der Waals surface area contributed by atoms with Gasteiger partial charge in [0.15, 0.2) is 5.82 Å². The Morgan fingerprint density at radius 2 is 1.64 bits per heavy atom. The molecule has 1 heterocycles. The van der Waals surface area contributed by atoms with Gasteiger partial charge in [0.05, 0.1) is 25.6 Å². The van der Waals surface area contributed by atoms with Crippen LogP contribution in [0.5, 0.6) is 11.5 Å². The van der Waals surface area contributed by atoms with E-state index >= 15 is 0 Å². The number of methoxy groups -OCH3 is 2. The smallest absolute Gasteiger partial charge is 0.295 e. The Kier molecular flexibility index (Phi) is 6.13. The van der Waals surface area contributed by atoms with Crippen LogP contribution in [0.15, 0.2) is 60.7 Å². The number of nitrogens with zero attached hydrogens (tertiary/aromatic N) is 3. The third-order valence-corrected chi connectivity index (χ3v) is 5.51. The van der Waals surface area contributed by atoms with Crippen LogP contribution in [-0.2, 0) is 0 Å². The van der Waals surface area contributed by atoms with Gasteiger partial charge in [0.1, 0.15) is 11.5 Å². The first-order valence-electron chi connectivity index (χ1n) is 10.5. The minimum absolute atomic E-state index is 0.0497. The highest BCUT2D eigenvalue weighted by atomic mass is 16.5. The molecule has 4 rings (SSSR count). The molecule has 0 aliphatic carbocycles. The van der Waals surface area contributed by atoms with E-state index in [0.29, 0.717) is 23.0 Å². The van der Waals surface area contributed by atoms with Gasteiger partial charge in [-0.3, -0.25) is 4.79 Å². The molecular formula is C26H26N4O3. The molecule has 1 aromatic heterocycles. The predicted octanol–water partition coefficient (Wildman–Crippen LogP) is 5.13. The molecule has 7 nitrogen and oxygen atoms in total. The SMILES string of the molecule is COc1ccc(OC)c(NC(=O)c2nc(-c3ccc(C)cc3)n(-c3ccc(C)c(C)c3)n2)c1. The van der Waals surface area contributed by atoms with Gasteiger partial charge in [-0.1, -0.05) is 35.9 Å². The molecule has 1 N–H and O–H groups in total. The summed E-state index contributed by atoms with van der Waals surface area (Å²) in [6.45, 7) is 6.13. The molecule has 0 saturated heterocycles. The number of hydrogen-bond acceptors (Lipinski definition) is 5. The maximum atomic E-state index is 13.1. The van der Waals surface area contributed by atoms with Crippen LogP contribution in [0.1, 0.15) is 27.3 Å². The van der Waals surface area contributed by atoms with Gasteiger partial charge in [0, 0.05) is 11.6 Å². The molecule has 0 atom stereocenters. The summed E-state index contributed by atoms with van der Waals surface area (Å²) >= 11 is 0. The first-order chi connectivity index (χ1) is 15.9. The molecule has 0 radical (unpaired) electrons. The van der Waals surface area contributed by atoms with Gasteiger partial charge < -0.3 is 14.8 Å². The van der Waals surface area contributed by atoms with Gasteiger partial charge in [0.2, 0.25) is 5.82 Å². The largest absolute Gasteiger partial charge is 0.497 e. The van der Waals surface area contributed by atoms with Crippen molar-refractivity contribution in [3.63, 3.8) is 0 Å². The number of amides is 1. The van der Waals surface area contributed by atoms with Crippen molar-refractivity contribution in [3.8, 4) is 28.6 Å². The first kappa shape index (κ1) is 22.1. The Labute approximate surface area is 193 Å². The summed E-state index contributed by atoms with van der Waals surface area (Å²) in [7, 11) is 3.10. The van der Waals surface area contributed by atoms with E-state index in [1.54, 1.807) is 37.1 Å². The molecule has 168 valence electrons. The Morgan fingerprint density at radius 1 is 0.879 bits per heavy atom. The fourth-order valence-corrected chi connectivity index (χ4v) is 3.43. The maximum absolute atomic E-state index is 13.1. The van der Waals surface area contributed by atoms with Crippen LogP contribution in [0.25, 0.3) is 17.1 Å². The van der Waals surface area contributed by atoms with Crippen LogP contribution in [0.2, 0.25) is 0 Å². The standard InChI is InChI=1S/C26H26N4O3/c1-16-6-9-19(10-7-16)25-28-24(29-30(25)20-11-8-17(2)18(3)14-20)26(31)27-22-15-21(32-4)12-13-23(22)33-5/h6-15H,1-5H3,(H,27,31). The number of anilines is 1. The lowest BCUT2D eigenvalue weighted by Crippen LogP contribution is -2.15. The number of aromatic nitrogens is 3. The van der Waals surface area contributed by atoms with E-state index in [9.17, 15) is 4.79 Å². The molecule has 0 aliphatic rings. The number of rotatable bonds is 6. The normalized spacial score (nSPS) is 10.7. The van der Waals surface area contributed by atoms with Crippen LogP contribution in [-0.4, -0.2) is 34.9 Å². The summed E-state index contributed by atoms with van der Waals surface area (Å²) in [5.41, 5.74) is 5.62. The second kappa shape index (κ2) is 9.16. The van der Waals surface area contributed by atoms with E-state index in [4.69, 9.17) is 9.47 Å². The number of carbonyl (C=O) groups is 1. The molecule has 4 aromatic rings. The monoisotopic (exact) mass is 442 g/mol. The number of carbonyl (C=O) groups excluding carboxylic acids is 1. The van der Waals surface area contributed by atoms with Gasteiger partial charge in [-0.2, -0.15) is 0 Å². The van der Waals surface area contributed by atoms with Crippen LogP contribution in [0.3, 0.4) is 0 Å². The molecule has 0 unspecified atom stereocenters. The molecule has 0 aliphatic heterocycles. The summed E-state index contributed by atoms with van der Waals surface area (Å²) in [6, 6.07) is 19.2. The van der Waals surface area contributed by atoms with E-state index in [2.05, 4.69) is 22.3 Å². The summed E-state index contributed by atoms with van der Waals surface area (Å²) in [4.78, 5) is 17.7. The van der Waals surface area contributed by atoms with E-state index in [1.807, 2.05) is 56.3 Å². The molecule has 0 spiro atoms. The van der Waals surface area contributed by atoms with E-state index in [-0.39, 0.29) is 5.82 Å². The minimum atomic E-state index is -0.447. The molecule has 3 aromatic carbocycles. The summed E-state index contributed by atoms with van der Waals surface area (Å²) in [5.74, 6) is 1.30. The van der Waals surface area contributed by atoms with Crippen molar-refractivity contribution >= 4 is 11.6 Å². The van der Waals surface area contributed by atoms with Crippen LogP contribution >= 0.6 is 0 Å². The van der Waals surface area contributed by atoms with Gasteiger partial charge in [0.25, 0.3) is 5.91 Å². The molecular weight excluding hydrogens is 416 g/mol. The van der Waals surface area contributed by atoms with Crippen LogP contribution in [0.4, 0.5) is 5.69 Å². The number of nitrogens with one attached hydrogen (secondary N) is 1. The summed E-state index contributed by atoms with van der Waals surface area (Å²) in [6.07, 6.45) is 0. The highest BCUT2D eigenvalue weighted by molar-refractivity contribution is 6.02. The number of aryl methyl sites for hydroxylation is 3. The minimum Gasteiger partial charge on any atom is -0.497 e. The molecule has 1 amide bonds. The third kappa shape index (κ3) is 4.57. The lowest BCUT2D eigenvalue weighted by molar-refractivity contribution is 0.101. The lowest BCUT2D eigenvalue weighted by Gasteiger charge is -2.10. The highest BCUT2D eigenvalue weighted by Crippen LogP contribution is 2.29. The van der Waals surface area contributed by atoms with Gasteiger partial charge in [-0.05, 0) is 56.2 Å². The molecule has 0 saturated carbocycles. The Bertz CT molecular complexity index is 1310. The topological polar surface area (TPSA) is 78.3 Å². The average Bonchev–Trinajstić information content (AvgIpc) is 3.27. The van der Waals surface area contributed by atoms with E-state index in [0.717, 1.165) is 22.4 Å². The van der Waals surface area contributed by atoms with Crippen molar-refractivity contribution < 1.29 is 14.3 Å². The van der Waals surface area contributed by atoms with Gasteiger partial charge >= 0.3 is 0 Å². The molecule has 0 bridgehead atoms. The fourth-order valence-electron chi connectivity index (χ4n) is 3.43. The second-order valence-corrected chi connectivity index (χ2v) is 7.83. The van der Waals surface area contributed by atoms with Crippen LogP contribution in [0, 0.1) is 20.8 Å². The van der Waals surface area contributed by atoms with Crippen LogP contribution < -0.4 is 14.8 Å². The average molecular weight is 443 g/mol. The van der Waals surface area contributed by atoms with Gasteiger partial charge in [-0.25, -0.2) is 9.67 Å². The molecule has 0 fully saturated rings.